The summed E-state index contributed by atoms with van der Waals surface area (Å²) in [7, 11) is 0. The summed E-state index contributed by atoms with van der Waals surface area (Å²) in [5.74, 6) is 0.772. The molecule has 0 aliphatic heterocycles. The number of carboxylic acid groups (broad SMARTS) is 1. The largest absolute Gasteiger partial charge is 0.481 e. The Morgan fingerprint density at radius 1 is 1.45 bits per heavy atom. The zero-order valence-electron chi connectivity index (χ0n) is 11.5. The Morgan fingerprint density at radius 3 is 2.80 bits per heavy atom. The van der Waals surface area contributed by atoms with Crippen LogP contribution >= 0.6 is 11.8 Å². The smallest absolute Gasteiger partial charge is 0.313 e. The van der Waals surface area contributed by atoms with Crippen molar-refractivity contribution in [3.05, 3.63) is 5.82 Å². The maximum Gasteiger partial charge on any atom is 0.313 e. The predicted octanol–water partition coefficient (Wildman–Crippen LogP) is 2.07. The van der Waals surface area contributed by atoms with Crippen molar-refractivity contribution in [3.63, 3.8) is 0 Å². The third-order valence-electron chi connectivity index (χ3n) is 3.80. The zero-order chi connectivity index (χ0) is 14.1. The molecule has 2 aliphatic rings. The van der Waals surface area contributed by atoms with Crippen molar-refractivity contribution in [2.24, 2.45) is 0 Å². The highest BCUT2D eigenvalue weighted by molar-refractivity contribution is 7.99. The summed E-state index contributed by atoms with van der Waals surface area (Å²) in [5.41, 5.74) is 0. The lowest BCUT2D eigenvalue weighted by molar-refractivity contribution is -0.133. The number of aliphatic carboxylic acids is 1. The number of hydrogen-bond acceptors (Lipinski definition) is 5. The lowest BCUT2D eigenvalue weighted by Crippen LogP contribution is -2.34. The molecule has 6 nitrogen and oxygen atoms in total. The maximum absolute atomic E-state index is 10.7. The summed E-state index contributed by atoms with van der Waals surface area (Å²) >= 11 is 1.26. The van der Waals surface area contributed by atoms with Gasteiger partial charge in [-0.1, -0.05) is 11.8 Å². The lowest BCUT2D eigenvalue weighted by Gasteiger charge is -2.36. The van der Waals surface area contributed by atoms with E-state index in [4.69, 9.17) is 9.84 Å². The molecule has 2 fully saturated rings. The van der Waals surface area contributed by atoms with Crippen LogP contribution in [0.15, 0.2) is 5.16 Å². The number of aromatic nitrogens is 3. The fourth-order valence-electron chi connectivity index (χ4n) is 2.60. The molecular formula is C13H19N3O3S. The molecule has 1 heterocycles. The van der Waals surface area contributed by atoms with Crippen LogP contribution in [0.25, 0.3) is 0 Å². The van der Waals surface area contributed by atoms with Gasteiger partial charge in [0.1, 0.15) is 5.82 Å². The standard InChI is InChI=1S/C13H19N3O3S/c1-2-19-10-5-9(6-10)16-12(8-3-4-8)14-15-13(16)20-7-11(17)18/h8-10H,2-7H2,1H3,(H,17,18). The van der Waals surface area contributed by atoms with Crippen molar-refractivity contribution < 1.29 is 14.6 Å². The molecule has 0 spiro atoms. The molecule has 0 bridgehead atoms. The number of carboxylic acids is 1. The first-order valence-corrected chi connectivity index (χ1v) is 8.08. The fraction of sp³-hybridized carbons (Fsp3) is 0.769. The van der Waals surface area contributed by atoms with Crippen LogP contribution in [0.1, 0.15) is 50.4 Å². The summed E-state index contributed by atoms with van der Waals surface area (Å²) < 4.78 is 7.77. The molecule has 0 aromatic carbocycles. The predicted molar refractivity (Wildman–Crippen MR) is 74.0 cm³/mol. The topological polar surface area (TPSA) is 77.2 Å². The van der Waals surface area contributed by atoms with E-state index in [2.05, 4.69) is 14.8 Å². The van der Waals surface area contributed by atoms with Crippen molar-refractivity contribution in [2.45, 2.75) is 55.8 Å². The molecule has 1 aromatic rings. The molecule has 7 heteroatoms. The summed E-state index contributed by atoms with van der Waals surface area (Å²) in [6.45, 7) is 2.76. The first-order valence-electron chi connectivity index (χ1n) is 7.10. The summed E-state index contributed by atoms with van der Waals surface area (Å²) in [6.07, 6.45) is 4.63. The highest BCUT2D eigenvalue weighted by Crippen LogP contribution is 2.45. The van der Waals surface area contributed by atoms with Crippen molar-refractivity contribution in [3.8, 4) is 0 Å². The van der Waals surface area contributed by atoms with Crippen molar-refractivity contribution in [2.75, 3.05) is 12.4 Å². The zero-order valence-corrected chi connectivity index (χ0v) is 12.3. The summed E-state index contributed by atoms with van der Waals surface area (Å²) in [4.78, 5) is 10.7. The minimum Gasteiger partial charge on any atom is -0.481 e. The van der Waals surface area contributed by atoms with Gasteiger partial charge in [-0.15, -0.1) is 10.2 Å². The maximum atomic E-state index is 10.7. The van der Waals surface area contributed by atoms with Crippen molar-refractivity contribution in [1.82, 2.24) is 14.8 Å². The van der Waals surface area contributed by atoms with Gasteiger partial charge in [0.25, 0.3) is 0 Å². The Bertz CT molecular complexity index is 495. The molecular weight excluding hydrogens is 278 g/mol. The molecule has 0 atom stereocenters. The SMILES string of the molecule is CCOC1CC(n2c(SCC(=O)O)nnc2C2CC2)C1. The number of carbonyl (C=O) groups is 1. The summed E-state index contributed by atoms with van der Waals surface area (Å²) in [5, 5.41) is 18.0. The van der Waals surface area contributed by atoms with E-state index >= 15 is 0 Å². The van der Waals surface area contributed by atoms with Crippen LogP contribution in [-0.2, 0) is 9.53 Å². The Hall–Kier alpha value is -1.08. The van der Waals surface area contributed by atoms with Gasteiger partial charge < -0.3 is 14.4 Å². The number of hydrogen-bond donors (Lipinski definition) is 1. The average Bonchev–Trinajstić information content (AvgIpc) is 3.12. The number of ether oxygens (including phenoxy) is 1. The van der Waals surface area contributed by atoms with E-state index in [9.17, 15) is 4.79 Å². The first-order chi connectivity index (χ1) is 9.69. The molecule has 0 radical (unpaired) electrons. The highest BCUT2D eigenvalue weighted by atomic mass is 32.2. The van der Waals surface area contributed by atoms with Gasteiger partial charge >= 0.3 is 5.97 Å². The van der Waals surface area contributed by atoms with E-state index in [1.165, 1.54) is 24.6 Å². The van der Waals surface area contributed by atoms with Crippen LogP contribution < -0.4 is 0 Å². The Labute approximate surface area is 121 Å². The molecule has 2 saturated carbocycles. The lowest BCUT2D eigenvalue weighted by atomic mass is 9.89. The second kappa shape index (κ2) is 5.73. The molecule has 0 amide bonds. The Morgan fingerprint density at radius 2 is 2.20 bits per heavy atom. The minimum atomic E-state index is -0.821. The van der Waals surface area contributed by atoms with Gasteiger partial charge in [-0.25, -0.2) is 0 Å². The summed E-state index contributed by atoms with van der Waals surface area (Å²) in [6, 6.07) is 0.369. The monoisotopic (exact) mass is 297 g/mol. The van der Waals surface area contributed by atoms with Gasteiger partial charge in [0.15, 0.2) is 5.16 Å². The molecule has 2 aliphatic carbocycles. The van der Waals surface area contributed by atoms with Gasteiger partial charge in [0.05, 0.1) is 11.9 Å². The van der Waals surface area contributed by atoms with Crippen LogP contribution in [-0.4, -0.2) is 44.3 Å². The second-order valence-electron chi connectivity index (χ2n) is 5.37. The van der Waals surface area contributed by atoms with Crippen LogP contribution in [0.5, 0.6) is 0 Å². The Kier molecular flexibility index (Phi) is 3.98. The number of thioether (sulfide) groups is 1. The molecule has 110 valence electrons. The molecule has 1 aromatic heterocycles. The van der Waals surface area contributed by atoms with Crippen LogP contribution in [0.4, 0.5) is 0 Å². The minimum absolute atomic E-state index is 0.0322. The number of nitrogens with zero attached hydrogens (tertiary/aromatic N) is 3. The van der Waals surface area contributed by atoms with Gasteiger partial charge in [-0.2, -0.15) is 0 Å². The quantitative estimate of drug-likeness (QED) is 0.776. The number of rotatable bonds is 7. The van der Waals surface area contributed by atoms with E-state index in [1.807, 2.05) is 6.92 Å². The fourth-order valence-corrected chi connectivity index (χ4v) is 3.33. The third kappa shape index (κ3) is 2.83. The van der Waals surface area contributed by atoms with Crippen LogP contribution in [0, 0.1) is 0 Å². The van der Waals surface area contributed by atoms with E-state index < -0.39 is 5.97 Å². The van der Waals surface area contributed by atoms with Gasteiger partial charge in [0.2, 0.25) is 0 Å². The van der Waals surface area contributed by atoms with Crippen LogP contribution in [0.2, 0.25) is 0 Å². The molecule has 0 unspecified atom stereocenters. The molecule has 1 N–H and O–H groups in total. The highest BCUT2D eigenvalue weighted by Gasteiger charge is 2.38. The normalized spacial score (nSPS) is 25.4. The molecule has 0 saturated heterocycles. The van der Waals surface area contributed by atoms with Gasteiger partial charge in [-0.05, 0) is 32.6 Å². The molecule has 20 heavy (non-hydrogen) atoms. The van der Waals surface area contributed by atoms with Crippen LogP contribution in [0.3, 0.4) is 0 Å². The van der Waals surface area contributed by atoms with Gasteiger partial charge in [0, 0.05) is 18.6 Å². The van der Waals surface area contributed by atoms with Crippen molar-refractivity contribution in [1.29, 1.82) is 0 Å². The first kappa shape index (κ1) is 13.9. The van der Waals surface area contributed by atoms with E-state index in [-0.39, 0.29) is 5.75 Å². The van der Waals surface area contributed by atoms with E-state index in [1.54, 1.807) is 0 Å². The average molecular weight is 297 g/mol. The third-order valence-corrected chi connectivity index (χ3v) is 4.72. The van der Waals surface area contributed by atoms with E-state index in [0.29, 0.717) is 18.1 Å². The van der Waals surface area contributed by atoms with Gasteiger partial charge in [-0.3, -0.25) is 4.79 Å². The second-order valence-corrected chi connectivity index (χ2v) is 6.31. The van der Waals surface area contributed by atoms with E-state index in [0.717, 1.165) is 30.4 Å². The molecule has 3 rings (SSSR count). The Balaban J connectivity index is 1.73. The van der Waals surface area contributed by atoms with Crippen molar-refractivity contribution >= 4 is 17.7 Å².